The lowest BCUT2D eigenvalue weighted by Gasteiger charge is -2.09. The number of rotatable bonds is 5. The number of carbonyl (C=O) groups excluding carboxylic acids is 1. The first kappa shape index (κ1) is 14.5. The van der Waals surface area contributed by atoms with E-state index in [0.717, 1.165) is 6.26 Å². The molecule has 0 saturated heterocycles. The van der Waals surface area contributed by atoms with Gasteiger partial charge in [-0.05, 0) is 30.7 Å². The Morgan fingerprint density at radius 2 is 1.72 bits per heavy atom. The zero-order valence-corrected chi connectivity index (χ0v) is 11.4. The number of benzene rings is 1. The molecule has 0 fully saturated rings. The van der Waals surface area contributed by atoms with Crippen molar-refractivity contribution in [2.75, 3.05) is 6.26 Å². The minimum Gasteiger partial charge on any atom is -0.426 e. The van der Waals surface area contributed by atoms with Crippen LogP contribution in [0.1, 0.15) is 20.3 Å². The van der Waals surface area contributed by atoms with E-state index in [2.05, 4.69) is 4.18 Å². The molecule has 18 heavy (non-hydrogen) atoms. The molecule has 1 aromatic carbocycles. The van der Waals surface area contributed by atoms with Crippen molar-refractivity contribution in [1.29, 1.82) is 0 Å². The highest BCUT2D eigenvalue weighted by atomic mass is 32.2. The standard InChI is InChI=1S/C12H16O5S/c1-4-9(2)12(13)16-10-5-7-11(8-6-10)17-18(3,14)15/h5-9H,4H2,1-3H3. The van der Waals surface area contributed by atoms with Crippen LogP contribution >= 0.6 is 0 Å². The van der Waals surface area contributed by atoms with Gasteiger partial charge in [0.25, 0.3) is 0 Å². The number of hydrogen-bond acceptors (Lipinski definition) is 5. The largest absolute Gasteiger partial charge is 0.426 e. The fourth-order valence-electron chi connectivity index (χ4n) is 1.12. The lowest BCUT2D eigenvalue weighted by molar-refractivity contribution is -0.138. The van der Waals surface area contributed by atoms with Crippen molar-refractivity contribution < 1.29 is 22.1 Å². The molecule has 0 bridgehead atoms. The Hall–Kier alpha value is -1.56. The molecule has 0 radical (unpaired) electrons. The average Bonchev–Trinajstić information content (AvgIpc) is 2.28. The van der Waals surface area contributed by atoms with Crippen molar-refractivity contribution in [3.63, 3.8) is 0 Å². The van der Waals surface area contributed by atoms with Crippen molar-refractivity contribution in [3.8, 4) is 11.5 Å². The van der Waals surface area contributed by atoms with Gasteiger partial charge in [0, 0.05) is 0 Å². The van der Waals surface area contributed by atoms with Crippen molar-refractivity contribution in [2.24, 2.45) is 5.92 Å². The maximum absolute atomic E-state index is 11.5. The Morgan fingerprint density at radius 3 is 2.17 bits per heavy atom. The third-order valence-electron chi connectivity index (χ3n) is 2.30. The summed E-state index contributed by atoms with van der Waals surface area (Å²) in [6, 6.07) is 5.84. The second-order valence-corrected chi connectivity index (χ2v) is 5.56. The summed E-state index contributed by atoms with van der Waals surface area (Å²) < 4.78 is 31.5. The van der Waals surface area contributed by atoms with Crippen LogP contribution in [0.5, 0.6) is 11.5 Å². The van der Waals surface area contributed by atoms with E-state index in [1.807, 2.05) is 6.92 Å². The van der Waals surface area contributed by atoms with Gasteiger partial charge in [0.05, 0.1) is 12.2 Å². The quantitative estimate of drug-likeness (QED) is 0.465. The molecule has 0 aliphatic carbocycles. The lowest BCUT2D eigenvalue weighted by Crippen LogP contribution is -2.16. The summed E-state index contributed by atoms with van der Waals surface area (Å²) in [6.07, 6.45) is 1.66. The van der Waals surface area contributed by atoms with Crippen molar-refractivity contribution in [3.05, 3.63) is 24.3 Å². The zero-order chi connectivity index (χ0) is 13.8. The van der Waals surface area contributed by atoms with Gasteiger partial charge in [0.1, 0.15) is 11.5 Å². The average molecular weight is 272 g/mol. The first-order valence-corrected chi connectivity index (χ1v) is 7.34. The Bertz CT molecular complexity index is 504. The third-order valence-corrected chi connectivity index (χ3v) is 2.80. The van der Waals surface area contributed by atoms with E-state index in [1.165, 1.54) is 24.3 Å². The van der Waals surface area contributed by atoms with Crippen LogP contribution in [0.3, 0.4) is 0 Å². The predicted molar refractivity (Wildman–Crippen MR) is 67.0 cm³/mol. The van der Waals surface area contributed by atoms with E-state index >= 15 is 0 Å². The lowest BCUT2D eigenvalue weighted by atomic mass is 10.1. The third kappa shape index (κ3) is 4.75. The number of hydrogen-bond donors (Lipinski definition) is 0. The van der Waals surface area contributed by atoms with E-state index in [-0.39, 0.29) is 17.6 Å². The number of ether oxygens (including phenoxy) is 1. The smallest absolute Gasteiger partial charge is 0.314 e. The monoisotopic (exact) mass is 272 g/mol. The van der Waals surface area contributed by atoms with Gasteiger partial charge in [-0.2, -0.15) is 8.42 Å². The fourth-order valence-corrected chi connectivity index (χ4v) is 1.58. The van der Waals surface area contributed by atoms with Crippen molar-refractivity contribution in [1.82, 2.24) is 0 Å². The van der Waals surface area contributed by atoms with Crippen LogP contribution in [0, 0.1) is 5.92 Å². The summed E-state index contributed by atoms with van der Waals surface area (Å²) in [5.74, 6) is 0.0632. The Morgan fingerprint density at radius 1 is 1.22 bits per heavy atom. The van der Waals surface area contributed by atoms with Gasteiger partial charge in [0.2, 0.25) is 0 Å². The SMILES string of the molecule is CCC(C)C(=O)Oc1ccc(OS(C)(=O)=O)cc1. The maximum Gasteiger partial charge on any atom is 0.314 e. The number of carbonyl (C=O) groups is 1. The van der Waals surface area contributed by atoms with Crippen molar-refractivity contribution in [2.45, 2.75) is 20.3 Å². The topological polar surface area (TPSA) is 69.7 Å². The fraction of sp³-hybridized carbons (Fsp3) is 0.417. The first-order valence-electron chi connectivity index (χ1n) is 5.53. The van der Waals surface area contributed by atoms with Gasteiger partial charge in [-0.15, -0.1) is 0 Å². The summed E-state index contributed by atoms with van der Waals surface area (Å²) in [6.45, 7) is 3.68. The van der Waals surface area contributed by atoms with Crippen LogP contribution in [0.2, 0.25) is 0 Å². The second-order valence-electron chi connectivity index (χ2n) is 3.99. The normalized spacial score (nSPS) is 12.8. The number of esters is 1. The molecule has 0 N–H and O–H groups in total. The van der Waals surface area contributed by atoms with E-state index in [9.17, 15) is 13.2 Å². The minimum absolute atomic E-state index is 0.169. The van der Waals surface area contributed by atoms with Crippen LogP contribution in [0.4, 0.5) is 0 Å². The Labute approximate surface area is 107 Å². The molecular weight excluding hydrogens is 256 g/mol. The molecule has 1 rings (SSSR count). The molecule has 0 spiro atoms. The molecule has 0 saturated carbocycles. The van der Waals surface area contributed by atoms with Gasteiger partial charge in [-0.3, -0.25) is 4.79 Å². The first-order chi connectivity index (χ1) is 8.31. The second kappa shape index (κ2) is 5.86. The predicted octanol–water partition coefficient (Wildman–Crippen LogP) is 1.98. The van der Waals surface area contributed by atoms with E-state index in [0.29, 0.717) is 12.2 Å². The van der Waals surface area contributed by atoms with Gasteiger partial charge in [-0.25, -0.2) is 0 Å². The van der Waals surface area contributed by atoms with Gasteiger partial charge in [-0.1, -0.05) is 13.8 Å². The van der Waals surface area contributed by atoms with E-state index in [4.69, 9.17) is 4.74 Å². The van der Waals surface area contributed by atoms with Gasteiger partial charge < -0.3 is 8.92 Å². The van der Waals surface area contributed by atoms with E-state index in [1.54, 1.807) is 6.92 Å². The molecule has 0 aromatic heterocycles. The molecule has 6 heteroatoms. The molecule has 5 nitrogen and oxygen atoms in total. The zero-order valence-electron chi connectivity index (χ0n) is 10.5. The molecule has 100 valence electrons. The van der Waals surface area contributed by atoms with Crippen LogP contribution in [-0.2, 0) is 14.9 Å². The minimum atomic E-state index is -3.54. The van der Waals surface area contributed by atoms with Crippen LogP contribution in [-0.4, -0.2) is 20.6 Å². The molecule has 1 atom stereocenters. The van der Waals surface area contributed by atoms with Crippen LogP contribution < -0.4 is 8.92 Å². The summed E-state index contributed by atoms with van der Waals surface area (Å²) >= 11 is 0. The Balaban J connectivity index is 2.69. The van der Waals surface area contributed by atoms with Gasteiger partial charge in [0.15, 0.2) is 0 Å². The summed E-state index contributed by atoms with van der Waals surface area (Å²) in [4.78, 5) is 11.5. The maximum atomic E-state index is 11.5. The Kier molecular flexibility index (Phi) is 4.72. The van der Waals surface area contributed by atoms with E-state index < -0.39 is 10.1 Å². The molecule has 1 unspecified atom stereocenters. The molecule has 0 heterocycles. The summed E-state index contributed by atoms with van der Waals surface area (Å²) in [5, 5.41) is 0. The summed E-state index contributed by atoms with van der Waals surface area (Å²) in [7, 11) is -3.54. The molecule has 0 amide bonds. The van der Waals surface area contributed by atoms with Crippen LogP contribution in [0.15, 0.2) is 24.3 Å². The highest BCUT2D eigenvalue weighted by molar-refractivity contribution is 7.86. The summed E-state index contributed by atoms with van der Waals surface area (Å²) in [5.41, 5.74) is 0. The highest BCUT2D eigenvalue weighted by Crippen LogP contribution is 2.19. The van der Waals surface area contributed by atoms with Crippen molar-refractivity contribution >= 4 is 16.1 Å². The molecular formula is C12H16O5S. The van der Waals surface area contributed by atoms with Crippen LogP contribution in [0.25, 0.3) is 0 Å². The van der Waals surface area contributed by atoms with Gasteiger partial charge >= 0.3 is 16.1 Å². The molecule has 0 aliphatic rings. The highest BCUT2D eigenvalue weighted by Gasteiger charge is 2.13. The molecule has 1 aromatic rings. The molecule has 0 aliphatic heterocycles.